The standard InChI is InChI=1S/C26H25BrO5/c1-26-13-12-22(28)20(21(26)10-11-24(26)29)15-23(17-4-3-5-19(14-17)31-2)32-25(30)16-6-8-18(27)9-7-16/h3-9,14,23H,10-13,15H2,1-2H3/t23-,26+/m1/s1. The van der Waals surface area contributed by atoms with Gasteiger partial charge >= 0.3 is 5.97 Å². The van der Waals surface area contributed by atoms with Gasteiger partial charge in [0.1, 0.15) is 17.6 Å². The van der Waals surface area contributed by atoms with E-state index in [1.54, 1.807) is 31.4 Å². The Morgan fingerprint density at radius 3 is 2.56 bits per heavy atom. The van der Waals surface area contributed by atoms with Crippen molar-refractivity contribution in [2.45, 2.75) is 45.1 Å². The predicted molar refractivity (Wildman–Crippen MR) is 124 cm³/mol. The summed E-state index contributed by atoms with van der Waals surface area (Å²) in [6.07, 6.45) is 1.53. The Bertz CT molecular complexity index is 1100. The SMILES string of the molecule is COc1cccc([C@@H](CC2=C3CCC(=O)[C@@]3(C)CCC2=O)OC(=O)c2ccc(Br)cc2)c1. The summed E-state index contributed by atoms with van der Waals surface area (Å²) in [5.74, 6) is 0.409. The van der Waals surface area contributed by atoms with Gasteiger partial charge in [0.15, 0.2) is 5.78 Å². The van der Waals surface area contributed by atoms with Crippen LogP contribution in [-0.4, -0.2) is 24.6 Å². The molecule has 0 aliphatic heterocycles. The molecule has 0 saturated heterocycles. The third-order valence-corrected chi connectivity index (χ3v) is 7.15. The van der Waals surface area contributed by atoms with E-state index in [0.717, 1.165) is 15.6 Å². The highest BCUT2D eigenvalue weighted by Crippen LogP contribution is 2.50. The maximum Gasteiger partial charge on any atom is 0.338 e. The van der Waals surface area contributed by atoms with Crippen LogP contribution in [0.25, 0.3) is 0 Å². The normalized spacial score (nSPS) is 21.3. The van der Waals surface area contributed by atoms with Crippen LogP contribution >= 0.6 is 15.9 Å². The molecule has 2 aliphatic carbocycles. The van der Waals surface area contributed by atoms with E-state index in [1.807, 2.05) is 31.2 Å². The van der Waals surface area contributed by atoms with Crippen LogP contribution < -0.4 is 4.74 Å². The Balaban J connectivity index is 1.70. The lowest BCUT2D eigenvalue weighted by molar-refractivity contribution is -0.125. The first-order valence-corrected chi connectivity index (χ1v) is 11.5. The molecule has 166 valence electrons. The lowest BCUT2D eigenvalue weighted by Gasteiger charge is -2.32. The molecule has 0 unspecified atom stereocenters. The zero-order valence-electron chi connectivity index (χ0n) is 18.2. The van der Waals surface area contributed by atoms with Crippen LogP contribution in [0, 0.1) is 5.41 Å². The van der Waals surface area contributed by atoms with Gasteiger partial charge < -0.3 is 9.47 Å². The molecule has 0 N–H and O–H groups in total. The molecule has 2 aromatic carbocycles. The van der Waals surface area contributed by atoms with Crippen molar-refractivity contribution in [3.8, 4) is 5.75 Å². The lowest BCUT2D eigenvalue weighted by atomic mass is 9.71. The quantitative estimate of drug-likeness (QED) is 0.474. The van der Waals surface area contributed by atoms with Gasteiger partial charge in [0, 0.05) is 29.2 Å². The highest BCUT2D eigenvalue weighted by Gasteiger charge is 2.47. The third-order valence-electron chi connectivity index (χ3n) is 6.62. The van der Waals surface area contributed by atoms with Gasteiger partial charge in [0.25, 0.3) is 0 Å². The van der Waals surface area contributed by atoms with E-state index in [1.165, 1.54) is 0 Å². The highest BCUT2D eigenvalue weighted by molar-refractivity contribution is 9.10. The number of fused-ring (bicyclic) bond motifs is 1. The van der Waals surface area contributed by atoms with Crippen molar-refractivity contribution < 1.29 is 23.9 Å². The van der Waals surface area contributed by atoms with Crippen LogP contribution in [0.3, 0.4) is 0 Å². The van der Waals surface area contributed by atoms with Gasteiger partial charge in [-0.2, -0.15) is 0 Å². The summed E-state index contributed by atoms with van der Waals surface area (Å²) >= 11 is 3.37. The van der Waals surface area contributed by atoms with E-state index < -0.39 is 17.5 Å². The molecule has 0 spiro atoms. The zero-order valence-corrected chi connectivity index (χ0v) is 19.7. The number of Topliss-reactive ketones (excluding diaryl/α,β-unsaturated/α-hetero) is 2. The van der Waals surface area contributed by atoms with Crippen molar-refractivity contribution in [3.05, 3.63) is 75.3 Å². The number of carbonyl (C=O) groups is 3. The molecular weight excluding hydrogens is 472 g/mol. The molecule has 1 fully saturated rings. The van der Waals surface area contributed by atoms with Crippen LogP contribution in [0.15, 0.2) is 64.1 Å². The maximum absolute atomic E-state index is 12.9. The number of ether oxygens (including phenoxy) is 2. The van der Waals surface area contributed by atoms with Crippen LogP contribution in [0.1, 0.15) is 61.1 Å². The van der Waals surface area contributed by atoms with Gasteiger partial charge in [0.05, 0.1) is 12.7 Å². The average Bonchev–Trinajstić information content (AvgIpc) is 3.10. The van der Waals surface area contributed by atoms with Crippen molar-refractivity contribution in [1.29, 1.82) is 0 Å². The fourth-order valence-electron chi connectivity index (χ4n) is 4.69. The van der Waals surface area contributed by atoms with Crippen LogP contribution in [0.4, 0.5) is 0 Å². The van der Waals surface area contributed by atoms with Crippen molar-refractivity contribution in [2.24, 2.45) is 5.41 Å². The number of rotatable bonds is 6. The predicted octanol–water partition coefficient (Wildman–Crippen LogP) is 5.77. The second-order valence-electron chi connectivity index (χ2n) is 8.52. The molecule has 6 heteroatoms. The van der Waals surface area contributed by atoms with Gasteiger partial charge in [-0.3, -0.25) is 9.59 Å². The summed E-state index contributed by atoms with van der Waals surface area (Å²) in [4.78, 5) is 38.4. The summed E-state index contributed by atoms with van der Waals surface area (Å²) in [7, 11) is 1.58. The smallest absolute Gasteiger partial charge is 0.338 e. The first kappa shape index (κ1) is 22.5. The summed E-state index contributed by atoms with van der Waals surface area (Å²) in [5, 5.41) is 0. The van der Waals surface area contributed by atoms with E-state index in [2.05, 4.69) is 15.9 Å². The van der Waals surface area contributed by atoms with Crippen LogP contribution in [-0.2, 0) is 14.3 Å². The Labute approximate surface area is 195 Å². The summed E-state index contributed by atoms with van der Waals surface area (Å²) < 4.78 is 12.2. The molecule has 2 aliphatic rings. The molecule has 0 heterocycles. The third kappa shape index (κ3) is 4.29. The maximum atomic E-state index is 12.9. The molecule has 0 amide bonds. The largest absolute Gasteiger partial charge is 0.497 e. The first-order valence-electron chi connectivity index (χ1n) is 10.7. The molecule has 32 heavy (non-hydrogen) atoms. The topological polar surface area (TPSA) is 69.7 Å². The molecule has 4 rings (SSSR count). The Morgan fingerprint density at radius 2 is 1.84 bits per heavy atom. The van der Waals surface area contributed by atoms with E-state index in [0.29, 0.717) is 42.6 Å². The van der Waals surface area contributed by atoms with Gasteiger partial charge in [-0.15, -0.1) is 0 Å². The molecule has 0 bridgehead atoms. The van der Waals surface area contributed by atoms with Crippen molar-refractivity contribution in [1.82, 2.24) is 0 Å². The zero-order chi connectivity index (χ0) is 22.9. The van der Waals surface area contributed by atoms with Crippen molar-refractivity contribution in [3.63, 3.8) is 0 Å². The second kappa shape index (κ2) is 9.02. The van der Waals surface area contributed by atoms with Gasteiger partial charge in [0.2, 0.25) is 0 Å². The molecule has 0 aromatic heterocycles. The average molecular weight is 497 g/mol. The Kier molecular flexibility index (Phi) is 6.33. The number of allylic oxidation sites excluding steroid dienone is 1. The Morgan fingerprint density at radius 1 is 1.09 bits per heavy atom. The van der Waals surface area contributed by atoms with Crippen LogP contribution in [0.5, 0.6) is 5.75 Å². The van der Waals surface area contributed by atoms with E-state index >= 15 is 0 Å². The number of carbonyl (C=O) groups excluding carboxylic acids is 3. The minimum atomic E-state index is -0.675. The monoisotopic (exact) mass is 496 g/mol. The Hall–Kier alpha value is -2.73. The first-order chi connectivity index (χ1) is 15.3. The van der Waals surface area contributed by atoms with E-state index in [9.17, 15) is 14.4 Å². The highest BCUT2D eigenvalue weighted by atomic mass is 79.9. The van der Waals surface area contributed by atoms with Crippen molar-refractivity contribution in [2.75, 3.05) is 7.11 Å². The number of hydrogen-bond acceptors (Lipinski definition) is 5. The molecule has 1 saturated carbocycles. The molecule has 0 radical (unpaired) electrons. The number of methoxy groups -OCH3 is 1. The fourth-order valence-corrected chi connectivity index (χ4v) is 4.95. The molecule has 5 nitrogen and oxygen atoms in total. The van der Waals surface area contributed by atoms with Gasteiger partial charge in [-0.1, -0.05) is 28.1 Å². The fraction of sp³-hybridized carbons (Fsp3) is 0.346. The summed E-state index contributed by atoms with van der Waals surface area (Å²) in [5.41, 5.74) is 2.16. The lowest BCUT2D eigenvalue weighted by Crippen LogP contribution is -2.31. The summed E-state index contributed by atoms with van der Waals surface area (Å²) in [6.45, 7) is 1.94. The molecule has 2 aromatic rings. The minimum Gasteiger partial charge on any atom is -0.497 e. The number of esters is 1. The minimum absolute atomic E-state index is 0.0414. The second-order valence-corrected chi connectivity index (χ2v) is 9.43. The summed E-state index contributed by atoms with van der Waals surface area (Å²) in [6, 6.07) is 14.3. The van der Waals surface area contributed by atoms with Gasteiger partial charge in [-0.05, 0) is 72.9 Å². The van der Waals surface area contributed by atoms with E-state index in [4.69, 9.17) is 9.47 Å². The van der Waals surface area contributed by atoms with E-state index in [-0.39, 0.29) is 18.0 Å². The number of halogens is 1. The molecule has 2 atom stereocenters. The number of benzene rings is 2. The number of hydrogen-bond donors (Lipinski definition) is 0. The van der Waals surface area contributed by atoms with Crippen LogP contribution in [0.2, 0.25) is 0 Å². The number of ketones is 2. The molecular formula is C26H25BrO5. The van der Waals surface area contributed by atoms with Gasteiger partial charge in [-0.25, -0.2) is 4.79 Å². The van der Waals surface area contributed by atoms with Crippen molar-refractivity contribution >= 4 is 33.5 Å².